The molecule has 0 amide bonds. The number of hydrogen-bond acceptors (Lipinski definition) is 1. The van der Waals surface area contributed by atoms with Crippen molar-refractivity contribution in [3.05, 3.63) is 0 Å². The third-order valence-corrected chi connectivity index (χ3v) is 8.21. The van der Waals surface area contributed by atoms with Crippen molar-refractivity contribution in [2.75, 3.05) is 0 Å². The maximum Gasteiger partial charge on any atom is 0.306 e. The molecule has 0 aromatic carbocycles. The van der Waals surface area contributed by atoms with E-state index in [1.807, 2.05) is 0 Å². The molecule has 23 heavy (non-hydrogen) atoms. The number of carboxylic acid groups (broad SMARTS) is 1. The summed E-state index contributed by atoms with van der Waals surface area (Å²) in [5, 5.41) is 9.66. The summed E-state index contributed by atoms with van der Waals surface area (Å²) >= 11 is 0. The Balaban J connectivity index is 4.57. The van der Waals surface area contributed by atoms with Crippen LogP contribution >= 0.6 is 0 Å². The fourth-order valence-electron chi connectivity index (χ4n) is 4.01. The van der Waals surface area contributed by atoms with Gasteiger partial charge in [0, 0.05) is 9.52 Å². The first-order valence-electron chi connectivity index (χ1n) is 10.3. The lowest BCUT2D eigenvalue weighted by molar-refractivity contribution is -0.143. The van der Waals surface area contributed by atoms with E-state index in [2.05, 4.69) is 27.3 Å². The largest absolute Gasteiger partial charge is 0.481 e. The zero-order chi connectivity index (χ0) is 17.6. The number of carboxylic acids is 1. The van der Waals surface area contributed by atoms with Crippen LogP contribution in [0, 0.1) is 5.92 Å². The van der Waals surface area contributed by atoms with Crippen molar-refractivity contribution >= 4 is 15.5 Å². The average molecular weight is 343 g/mol. The third-order valence-electron chi connectivity index (χ3n) is 5.71. The highest BCUT2D eigenvalue weighted by molar-refractivity contribution is 6.45. The lowest BCUT2D eigenvalue weighted by atomic mass is 9.81. The van der Waals surface area contributed by atoms with Crippen LogP contribution in [-0.2, 0) is 4.79 Å². The van der Waals surface area contributed by atoms with E-state index in [0.717, 1.165) is 25.7 Å². The fourth-order valence-corrected chi connectivity index (χ4v) is 5.99. The van der Waals surface area contributed by atoms with Crippen LogP contribution in [0.2, 0.25) is 11.6 Å². The van der Waals surface area contributed by atoms with Gasteiger partial charge in [0.25, 0.3) is 0 Å². The van der Waals surface area contributed by atoms with E-state index in [9.17, 15) is 9.90 Å². The molecular weight excluding hydrogens is 300 g/mol. The first-order valence-corrected chi connectivity index (χ1v) is 12.4. The topological polar surface area (TPSA) is 37.3 Å². The molecule has 0 saturated heterocycles. The average Bonchev–Trinajstić information content (AvgIpc) is 2.55. The number of aliphatic carboxylic acids is 1. The van der Waals surface area contributed by atoms with Crippen molar-refractivity contribution in [1.29, 1.82) is 0 Å². The van der Waals surface area contributed by atoms with Crippen molar-refractivity contribution in [2.24, 2.45) is 5.92 Å². The van der Waals surface area contributed by atoms with Gasteiger partial charge in [-0.15, -0.1) is 0 Å². The number of carbonyl (C=O) groups is 1. The SMILES string of the molecule is CCCCCCCC(CC)C(CCCCCCC)([SiH2]C)C(=O)O. The van der Waals surface area contributed by atoms with Gasteiger partial charge in [-0.3, -0.25) is 4.79 Å². The van der Waals surface area contributed by atoms with Gasteiger partial charge < -0.3 is 5.11 Å². The van der Waals surface area contributed by atoms with Gasteiger partial charge in [0.2, 0.25) is 0 Å². The molecule has 0 rings (SSSR count). The highest BCUT2D eigenvalue weighted by atomic mass is 28.2. The molecule has 0 aliphatic rings. The Labute approximate surface area is 147 Å². The van der Waals surface area contributed by atoms with Crippen molar-refractivity contribution < 1.29 is 9.90 Å². The fraction of sp³-hybridized carbons (Fsp3) is 0.950. The third kappa shape index (κ3) is 8.37. The quantitative estimate of drug-likeness (QED) is 0.268. The van der Waals surface area contributed by atoms with Crippen LogP contribution in [0.4, 0.5) is 0 Å². The molecule has 0 aromatic heterocycles. The van der Waals surface area contributed by atoms with E-state index in [0.29, 0.717) is 5.92 Å². The van der Waals surface area contributed by atoms with Crippen LogP contribution in [-0.4, -0.2) is 20.6 Å². The minimum Gasteiger partial charge on any atom is -0.481 e. The molecule has 0 heterocycles. The second-order valence-corrected chi connectivity index (χ2v) is 9.26. The first-order chi connectivity index (χ1) is 11.1. The Morgan fingerprint density at radius 2 is 1.43 bits per heavy atom. The van der Waals surface area contributed by atoms with Gasteiger partial charge in [0.1, 0.15) is 0 Å². The van der Waals surface area contributed by atoms with Crippen LogP contribution in [0.25, 0.3) is 0 Å². The van der Waals surface area contributed by atoms with E-state index >= 15 is 0 Å². The molecule has 3 heteroatoms. The summed E-state index contributed by atoms with van der Waals surface area (Å²) in [7, 11) is -0.568. The molecule has 2 nitrogen and oxygen atoms in total. The molecule has 0 spiro atoms. The highest BCUT2D eigenvalue weighted by Crippen LogP contribution is 2.45. The van der Waals surface area contributed by atoms with Crippen LogP contribution in [0.5, 0.6) is 0 Å². The molecule has 0 bridgehead atoms. The van der Waals surface area contributed by atoms with Crippen molar-refractivity contribution in [2.45, 2.75) is 116 Å². The summed E-state index contributed by atoms with van der Waals surface area (Å²) in [6.45, 7) is 8.90. The summed E-state index contributed by atoms with van der Waals surface area (Å²) in [6, 6.07) is 0. The molecule has 1 N–H and O–H groups in total. The van der Waals surface area contributed by atoms with Crippen molar-refractivity contribution in [3.63, 3.8) is 0 Å². The van der Waals surface area contributed by atoms with Gasteiger partial charge in [-0.05, 0) is 18.8 Å². The Bertz CT molecular complexity index is 293. The summed E-state index contributed by atoms with van der Waals surface area (Å²) < 4.78 is 0. The lowest BCUT2D eigenvalue weighted by Crippen LogP contribution is -2.36. The second kappa shape index (κ2) is 14.1. The van der Waals surface area contributed by atoms with Crippen LogP contribution in [0.1, 0.15) is 104 Å². The maximum absolute atomic E-state index is 12.1. The monoisotopic (exact) mass is 342 g/mol. The van der Waals surface area contributed by atoms with E-state index in [1.54, 1.807) is 0 Å². The molecule has 2 atom stereocenters. The molecule has 0 fully saturated rings. The zero-order valence-electron chi connectivity index (χ0n) is 16.3. The molecule has 0 saturated carbocycles. The van der Waals surface area contributed by atoms with Gasteiger partial charge in [-0.2, -0.15) is 0 Å². The number of unbranched alkanes of at least 4 members (excludes halogenated alkanes) is 8. The van der Waals surface area contributed by atoms with Crippen molar-refractivity contribution in [1.82, 2.24) is 0 Å². The van der Waals surface area contributed by atoms with Gasteiger partial charge in [0.05, 0.1) is 5.04 Å². The molecular formula is C20H42O2Si. The highest BCUT2D eigenvalue weighted by Gasteiger charge is 2.42. The van der Waals surface area contributed by atoms with Gasteiger partial charge in [-0.1, -0.05) is 97.9 Å². The van der Waals surface area contributed by atoms with Crippen molar-refractivity contribution in [3.8, 4) is 0 Å². The molecule has 0 aromatic rings. The minimum atomic E-state index is -0.568. The molecule has 0 radical (unpaired) electrons. The smallest absolute Gasteiger partial charge is 0.306 e. The Morgan fingerprint density at radius 1 is 0.913 bits per heavy atom. The van der Waals surface area contributed by atoms with Crippen LogP contribution < -0.4 is 0 Å². The van der Waals surface area contributed by atoms with Gasteiger partial charge in [0.15, 0.2) is 0 Å². The number of rotatable bonds is 16. The molecule has 2 unspecified atom stereocenters. The zero-order valence-corrected chi connectivity index (χ0v) is 17.7. The first kappa shape index (κ1) is 22.7. The van der Waals surface area contributed by atoms with E-state index in [1.165, 1.54) is 57.8 Å². The minimum absolute atomic E-state index is 0.342. The van der Waals surface area contributed by atoms with Crippen LogP contribution in [0.3, 0.4) is 0 Å². The van der Waals surface area contributed by atoms with Gasteiger partial charge in [-0.25, -0.2) is 0 Å². The molecule has 0 aliphatic carbocycles. The number of hydrogen-bond donors (Lipinski definition) is 1. The van der Waals surface area contributed by atoms with E-state index in [4.69, 9.17) is 0 Å². The predicted molar refractivity (Wildman–Crippen MR) is 105 cm³/mol. The van der Waals surface area contributed by atoms with Crippen LogP contribution in [0.15, 0.2) is 0 Å². The predicted octanol–water partition coefficient (Wildman–Crippen LogP) is 6.19. The lowest BCUT2D eigenvalue weighted by Gasteiger charge is -2.36. The standard InChI is InChI=1S/C20H42O2Si/c1-5-8-10-12-14-16-18(7-3)20(23-4,19(21)22)17-15-13-11-9-6-2/h18H,5-17,23H2,1-4H3,(H,21,22). The van der Waals surface area contributed by atoms with E-state index in [-0.39, 0.29) is 5.04 Å². The summed E-state index contributed by atoms with van der Waals surface area (Å²) in [6.07, 6.45) is 15.6. The maximum atomic E-state index is 12.1. The van der Waals surface area contributed by atoms with E-state index < -0.39 is 15.5 Å². The summed E-state index contributed by atoms with van der Waals surface area (Å²) in [5.41, 5.74) is 0. The molecule has 0 aliphatic heterocycles. The normalized spacial score (nSPS) is 15.8. The summed E-state index contributed by atoms with van der Waals surface area (Å²) in [5.74, 6) is -0.0768. The summed E-state index contributed by atoms with van der Waals surface area (Å²) in [4.78, 5) is 12.1. The molecule has 138 valence electrons. The Kier molecular flexibility index (Phi) is 13.9. The Hall–Kier alpha value is -0.313. The second-order valence-electron chi connectivity index (χ2n) is 7.29. The Morgan fingerprint density at radius 3 is 1.87 bits per heavy atom. The van der Waals surface area contributed by atoms with Gasteiger partial charge >= 0.3 is 5.97 Å².